The molecule has 9 heteroatoms. The maximum Gasteiger partial charge on any atom is 0.344 e. The summed E-state index contributed by atoms with van der Waals surface area (Å²) in [5, 5.41) is 10.3. The van der Waals surface area contributed by atoms with Crippen molar-refractivity contribution in [2.24, 2.45) is 16.2 Å². The zero-order valence-corrected chi connectivity index (χ0v) is 12.5. The Morgan fingerprint density at radius 2 is 1.96 bits per heavy atom. The first-order chi connectivity index (χ1) is 11.2. The molecule has 0 saturated carbocycles. The molecule has 2 N–H and O–H groups in total. The fourth-order valence-corrected chi connectivity index (χ4v) is 2.45. The van der Waals surface area contributed by atoms with Crippen LogP contribution in [-0.2, 0) is 16.1 Å². The summed E-state index contributed by atoms with van der Waals surface area (Å²) in [6, 6.07) is 6.93. The molecule has 2 aliphatic heterocycles. The van der Waals surface area contributed by atoms with Gasteiger partial charge in [-0.3, -0.25) is 4.79 Å². The van der Waals surface area contributed by atoms with E-state index in [4.69, 9.17) is 10.5 Å². The van der Waals surface area contributed by atoms with Crippen molar-refractivity contribution in [3.05, 3.63) is 29.8 Å². The number of carbonyl (C=O) groups is 2. The fraction of sp³-hybridized carbons (Fsp3) is 0.429. The summed E-state index contributed by atoms with van der Waals surface area (Å²) in [6.07, 6.45) is -0.246. The lowest BCUT2D eigenvalue weighted by Gasteiger charge is -2.30. The number of hydrogen-bond acceptors (Lipinski definition) is 7. The van der Waals surface area contributed by atoms with Crippen LogP contribution in [0.5, 0.6) is 0 Å². The minimum Gasteiger partial charge on any atom is -0.378 e. The van der Waals surface area contributed by atoms with Gasteiger partial charge in [0.15, 0.2) is 6.29 Å². The molecule has 3 rings (SSSR count). The smallest absolute Gasteiger partial charge is 0.344 e. The van der Waals surface area contributed by atoms with Crippen LogP contribution in [0.2, 0.25) is 0 Å². The first-order valence-electron chi connectivity index (χ1n) is 7.35. The molecule has 0 aliphatic carbocycles. The van der Waals surface area contributed by atoms with Crippen LogP contribution in [-0.4, -0.2) is 54.7 Å². The van der Waals surface area contributed by atoms with Crippen molar-refractivity contribution < 1.29 is 14.3 Å². The Bertz CT molecular complexity index is 599. The van der Waals surface area contributed by atoms with Gasteiger partial charge in [-0.25, -0.2) is 9.80 Å². The van der Waals surface area contributed by atoms with Gasteiger partial charge in [0.2, 0.25) is 6.17 Å². The van der Waals surface area contributed by atoms with Crippen molar-refractivity contribution in [1.82, 2.24) is 9.91 Å². The number of nitrogens with zero attached hydrogens (tertiary/aromatic N) is 5. The van der Waals surface area contributed by atoms with Gasteiger partial charge in [0.05, 0.1) is 18.9 Å². The molecular weight excluding hydrogens is 300 g/mol. The number of morpholine rings is 1. The van der Waals surface area contributed by atoms with E-state index < -0.39 is 6.17 Å². The number of urea groups is 1. The van der Waals surface area contributed by atoms with E-state index in [1.807, 2.05) is 12.1 Å². The Hall–Kier alpha value is -2.52. The maximum atomic E-state index is 12.5. The SMILES string of the molecule is NCc1ccc(N2N=NN(C(=O)N3CCOCC3)C2C=O)cc1. The lowest BCUT2D eigenvalue weighted by molar-refractivity contribution is -0.111. The van der Waals surface area contributed by atoms with E-state index >= 15 is 0 Å². The van der Waals surface area contributed by atoms with Gasteiger partial charge in [0, 0.05) is 19.6 Å². The molecule has 1 atom stereocenters. The topological polar surface area (TPSA) is 104 Å². The third-order valence-corrected chi connectivity index (χ3v) is 3.77. The molecule has 0 spiro atoms. The number of nitrogens with two attached hydrogens (primary N) is 1. The van der Waals surface area contributed by atoms with Crippen LogP contribution in [0.4, 0.5) is 10.5 Å². The quantitative estimate of drug-likeness (QED) is 0.819. The number of ether oxygens (including phenoxy) is 1. The van der Waals surface area contributed by atoms with Gasteiger partial charge in [0.1, 0.15) is 0 Å². The van der Waals surface area contributed by atoms with Crippen molar-refractivity contribution in [3.63, 3.8) is 0 Å². The summed E-state index contributed by atoms with van der Waals surface area (Å²) < 4.78 is 5.22. The first-order valence-corrected chi connectivity index (χ1v) is 7.35. The summed E-state index contributed by atoms with van der Waals surface area (Å²) in [5.74, 6) is 0. The monoisotopic (exact) mass is 318 g/mol. The Balaban J connectivity index is 1.75. The molecule has 2 aliphatic rings. The van der Waals surface area contributed by atoms with E-state index in [1.165, 1.54) is 5.01 Å². The predicted molar refractivity (Wildman–Crippen MR) is 81.1 cm³/mol. The molecule has 23 heavy (non-hydrogen) atoms. The van der Waals surface area contributed by atoms with Crippen molar-refractivity contribution in [2.75, 3.05) is 31.3 Å². The third kappa shape index (κ3) is 3.01. The van der Waals surface area contributed by atoms with E-state index in [-0.39, 0.29) is 6.03 Å². The average molecular weight is 318 g/mol. The number of aldehydes is 1. The summed E-state index contributed by atoms with van der Waals surface area (Å²) in [5.41, 5.74) is 7.20. The van der Waals surface area contributed by atoms with E-state index in [0.29, 0.717) is 44.8 Å². The van der Waals surface area contributed by atoms with Gasteiger partial charge < -0.3 is 15.4 Å². The summed E-state index contributed by atoms with van der Waals surface area (Å²) >= 11 is 0. The zero-order chi connectivity index (χ0) is 16.2. The highest BCUT2D eigenvalue weighted by atomic mass is 16.5. The van der Waals surface area contributed by atoms with Crippen LogP contribution in [0, 0.1) is 0 Å². The number of carbonyl (C=O) groups excluding carboxylic acids is 2. The van der Waals surface area contributed by atoms with E-state index in [1.54, 1.807) is 17.0 Å². The molecule has 122 valence electrons. The molecule has 1 fully saturated rings. The second-order valence-electron chi connectivity index (χ2n) is 5.17. The molecule has 1 unspecified atom stereocenters. The first kappa shape index (κ1) is 15.4. The van der Waals surface area contributed by atoms with Crippen LogP contribution in [0.1, 0.15) is 5.56 Å². The fourth-order valence-electron chi connectivity index (χ4n) is 2.45. The second kappa shape index (κ2) is 6.71. The third-order valence-electron chi connectivity index (χ3n) is 3.77. The van der Waals surface area contributed by atoms with Crippen LogP contribution in [0.15, 0.2) is 34.7 Å². The highest BCUT2D eigenvalue weighted by molar-refractivity contribution is 5.80. The highest BCUT2D eigenvalue weighted by Crippen LogP contribution is 2.25. The predicted octanol–water partition coefficient (Wildman–Crippen LogP) is 0.527. The summed E-state index contributed by atoms with van der Waals surface area (Å²) in [6.45, 7) is 2.34. The number of benzene rings is 1. The Morgan fingerprint density at radius 1 is 1.26 bits per heavy atom. The van der Waals surface area contributed by atoms with Gasteiger partial charge in [-0.2, -0.15) is 5.01 Å². The van der Waals surface area contributed by atoms with Gasteiger partial charge in [-0.15, -0.1) is 0 Å². The van der Waals surface area contributed by atoms with Crippen molar-refractivity contribution in [3.8, 4) is 0 Å². The molecule has 1 aromatic rings. The van der Waals surface area contributed by atoms with Gasteiger partial charge in [-0.1, -0.05) is 12.1 Å². The number of amides is 2. The minimum absolute atomic E-state index is 0.352. The van der Waals surface area contributed by atoms with Crippen molar-refractivity contribution >= 4 is 18.0 Å². The van der Waals surface area contributed by atoms with Crippen LogP contribution < -0.4 is 10.7 Å². The van der Waals surface area contributed by atoms with Crippen LogP contribution in [0.3, 0.4) is 0 Å². The van der Waals surface area contributed by atoms with Crippen molar-refractivity contribution in [1.29, 1.82) is 0 Å². The standard InChI is InChI=1S/C14H18N6O3/c15-9-11-1-3-12(4-2-11)19-13(10-21)20(17-16-19)14(22)18-5-7-23-8-6-18/h1-4,10,13H,5-9,15H2. The number of anilines is 1. The normalized spacial score (nSPS) is 20.9. The second-order valence-corrected chi connectivity index (χ2v) is 5.17. The molecule has 0 aromatic heterocycles. The van der Waals surface area contributed by atoms with Crippen molar-refractivity contribution in [2.45, 2.75) is 12.7 Å². The van der Waals surface area contributed by atoms with Crippen LogP contribution in [0.25, 0.3) is 0 Å². The van der Waals surface area contributed by atoms with Gasteiger partial charge in [0.25, 0.3) is 0 Å². The lowest BCUT2D eigenvalue weighted by atomic mass is 10.2. The summed E-state index contributed by atoms with van der Waals surface area (Å²) in [4.78, 5) is 25.6. The highest BCUT2D eigenvalue weighted by Gasteiger charge is 2.37. The van der Waals surface area contributed by atoms with Crippen LogP contribution >= 0.6 is 0 Å². The molecule has 0 radical (unpaired) electrons. The Morgan fingerprint density at radius 3 is 2.57 bits per heavy atom. The Kier molecular flexibility index (Phi) is 4.49. The molecule has 9 nitrogen and oxygen atoms in total. The van der Waals surface area contributed by atoms with Gasteiger partial charge >= 0.3 is 6.03 Å². The molecular formula is C14H18N6O3. The largest absolute Gasteiger partial charge is 0.378 e. The Labute approximate surface area is 133 Å². The minimum atomic E-state index is -0.894. The van der Waals surface area contributed by atoms with E-state index in [2.05, 4.69) is 10.4 Å². The lowest BCUT2D eigenvalue weighted by Crippen LogP contribution is -2.51. The molecule has 2 amide bonds. The zero-order valence-electron chi connectivity index (χ0n) is 12.5. The van der Waals surface area contributed by atoms with E-state index in [9.17, 15) is 9.59 Å². The molecule has 1 saturated heterocycles. The molecule has 0 bridgehead atoms. The van der Waals surface area contributed by atoms with Gasteiger partial charge in [-0.05, 0) is 28.1 Å². The van der Waals surface area contributed by atoms with E-state index in [0.717, 1.165) is 10.6 Å². The number of rotatable bonds is 3. The maximum absolute atomic E-state index is 12.5. The number of hydrogen-bond donors (Lipinski definition) is 1. The molecule has 2 heterocycles. The molecule has 1 aromatic carbocycles. The summed E-state index contributed by atoms with van der Waals surface area (Å²) in [7, 11) is 0. The average Bonchev–Trinajstić information content (AvgIpc) is 3.05.